The molecule has 0 saturated carbocycles. The first kappa shape index (κ1) is 18.8. The van der Waals surface area contributed by atoms with Crippen LogP contribution in [0.4, 0.5) is 13.2 Å². The van der Waals surface area contributed by atoms with E-state index in [0.717, 1.165) is 6.07 Å². The van der Waals surface area contributed by atoms with Crippen LogP contribution in [0.25, 0.3) is 0 Å². The van der Waals surface area contributed by atoms with Crippen molar-refractivity contribution < 1.29 is 27.4 Å². The Bertz CT molecular complexity index is 562. The minimum Gasteiger partial charge on any atom is -0.493 e. The molecule has 124 valence electrons. The highest BCUT2D eigenvalue weighted by Crippen LogP contribution is 2.39. The topological polar surface area (TPSA) is 35.5 Å². The van der Waals surface area contributed by atoms with Gasteiger partial charge in [-0.25, -0.2) is 13.2 Å². The minimum absolute atomic E-state index is 0.0479. The highest BCUT2D eigenvalue weighted by molar-refractivity contribution is 9.09. The second-order valence-corrected chi connectivity index (χ2v) is 6.78. The number of esters is 1. The van der Waals surface area contributed by atoms with Crippen molar-refractivity contribution >= 4 is 21.9 Å². The van der Waals surface area contributed by atoms with E-state index in [1.54, 1.807) is 20.8 Å². The van der Waals surface area contributed by atoms with Crippen molar-refractivity contribution in [2.45, 2.75) is 44.0 Å². The van der Waals surface area contributed by atoms with Crippen LogP contribution in [-0.2, 0) is 15.5 Å². The monoisotopic (exact) mass is 382 g/mol. The largest absolute Gasteiger partial charge is 0.493 e. The predicted molar refractivity (Wildman–Crippen MR) is 80.0 cm³/mol. The number of carbonyl (C=O) groups is 1. The molecule has 0 aliphatic heterocycles. The summed E-state index contributed by atoms with van der Waals surface area (Å²) in [6, 6.07) is 1.72. The van der Waals surface area contributed by atoms with Crippen molar-refractivity contribution in [3.8, 4) is 5.75 Å². The van der Waals surface area contributed by atoms with Crippen molar-refractivity contribution in [3.05, 3.63) is 29.1 Å². The van der Waals surface area contributed by atoms with Gasteiger partial charge in [0.05, 0.1) is 7.11 Å². The van der Waals surface area contributed by atoms with Gasteiger partial charge in [0.2, 0.25) is 0 Å². The van der Waals surface area contributed by atoms with Gasteiger partial charge in [-0.2, -0.15) is 0 Å². The third-order valence-corrected chi connectivity index (χ3v) is 3.54. The Labute approximate surface area is 135 Å². The van der Waals surface area contributed by atoms with E-state index in [0.29, 0.717) is 13.0 Å². The molecule has 1 unspecified atom stereocenters. The first-order valence-corrected chi connectivity index (χ1v) is 7.41. The molecular formula is C15H18BrF3O3. The summed E-state index contributed by atoms with van der Waals surface area (Å²) in [6.07, 6.45) is 0. The Kier molecular flexibility index (Phi) is 5.54. The van der Waals surface area contributed by atoms with E-state index in [4.69, 9.17) is 9.47 Å². The minimum atomic E-state index is -3.25. The smallest absolute Gasteiger partial charge is 0.324 e. The SMILES string of the molecule is COc1c(F)cc(C(C)(F)F)cc1C(Br)C(=O)OC(C)(C)C. The van der Waals surface area contributed by atoms with E-state index in [2.05, 4.69) is 15.9 Å². The molecule has 1 atom stereocenters. The van der Waals surface area contributed by atoms with Crippen molar-refractivity contribution in [1.82, 2.24) is 0 Å². The van der Waals surface area contributed by atoms with Crippen molar-refractivity contribution in [2.75, 3.05) is 7.11 Å². The van der Waals surface area contributed by atoms with Gasteiger partial charge in [0.1, 0.15) is 10.4 Å². The first-order valence-electron chi connectivity index (χ1n) is 6.49. The Morgan fingerprint density at radius 2 is 1.77 bits per heavy atom. The number of halogens is 4. The lowest BCUT2D eigenvalue weighted by molar-refractivity contribution is -0.154. The van der Waals surface area contributed by atoms with Crippen LogP contribution in [0.15, 0.2) is 12.1 Å². The molecule has 1 aromatic carbocycles. The van der Waals surface area contributed by atoms with E-state index in [1.165, 1.54) is 7.11 Å². The lowest BCUT2D eigenvalue weighted by Gasteiger charge is -2.23. The van der Waals surface area contributed by atoms with Gasteiger partial charge in [-0.3, -0.25) is 4.79 Å². The predicted octanol–water partition coefficient (Wildman–Crippen LogP) is 4.72. The highest BCUT2D eigenvalue weighted by Gasteiger charge is 2.32. The number of rotatable bonds is 4. The maximum absolute atomic E-state index is 14.0. The fourth-order valence-electron chi connectivity index (χ4n) is 1.75. The van der Waals surface area contributed by atoms with E-state index in [9.17, 15) is 18.0 Å². The molecule has 0 saturated heterocycles. The molecule has 0 aliphatic carbocycles. The average molecular weight is 383 g/mol. The van der Waals surface area contributed by atoms with Gasteiger partial charge in [0.15, 0.2) is 11.6 Å². The van der Waals surface area contributed by atoms with Crippen LogP contribution < -0.4 is 4.74 Å². The van der Waals surface area contributed by atoms with Gasteiger partial charge in [-0.05, 0) is 32.9 Å². The number of hydrogen-bond acceptors (Lipinski definition) is 3. The summed E-state index contributed by atoms with van der Waals surface area (Å²) in [5, 5.41) is 0. The molecule has 0 heterocycles. The number of ether oxygens (including phenoxy) is 2. The summed E-state index contributed by atoms with van der Waals surface area (Å²) in [4.78, 5) is 10.9. The van der Waals surface area contributed by atoms with Gasteiger partial charge in [0.25, 0.3) is 5.92 Å². The molecule has 3 nitrogen and oxygen atoms in total. The van der Waals surface area contributed by atoms with E-state index >= 15 is 0 Å². The van der Waals surface area contributed by atoms with Crippen LogP contribution in [0.3, 0.4) is 0 Å². The normalized spacial score (nSPS) is 13.7. The Balaban J connectivity index is 3.32. The van der Waals surface area contributed by atoms with Crippen LogP contribution in [0.2, 0.25) is 0 Å². The molecule has 0 aliphatic rings. The van der Waals surface area contributed by atoms with Crippen molar-refractivity contribution in [1.29, 1.82) is 0 Å². The second kappa shape index (κ2) is 6.48. The molecule has 1 rings (SSSR count). The van der Waals surface area contributed by atoms with Gasteiger partial charge in [-0.1, -0.05) is 15.9 Å². The summed E-state index contributed by atoms with van der Waals surface area (Å²) in [6.45, 7) is 5.64. The molecule has 0 N–H and O–H groups in total. The molecule has 0 bridgehead atoms. The van der Waals surface area contributed by atoms with E-state index < -0.39 is 33.7 Å². The van der Waals surface area contributed by atoms with Gasteiger partial charge < -0.3 is 9.47 Å². The maximum atomic E-state index is 14.0. The number of hydrogen-bond donors (Lipinski definition) is 0. The number of methoxy groups -OCH3 is 1. The van der Waals surface area contributed by atoms with Crippen LogP contribution in [0, 0.1) is 5.82 Å². The standard InChI is InChI=1S/C15H18BrF3O3/c1-14(2,3)22-13(20)11(16)9-6-8(15(4,18)19)7-10(17)12(9)21-5/h6-7,11H,1-5H3. The summed E-state index contributed by atoms with van der Waals surface area (Å²) < 4.78 is 50.9. The van der Waals surface area contributed by atoms with Crippen LogP contribution in [-0.4, -0.2) is 18.7 Å². The lowest BCUT2D eigenvalue weighted by atomic mass is 10.0. The van der Waals surface area contributed by atoms with Crippen LogP contribution in [0.1, 0.15) is 43.6 Å². The number of carbonyl (C=O) groups excluding carboxylic acids is 1. The fraction of sp³-hybridized carbons (Fsp3) is 0.533. The maximum Gasteiger partial charge on any atom is 0.324 e. The molecule has 0 aromatic heterocycles. The molecule has 22 heavy (non-hydrogen) atoms. The third kappa shape index (κ3) is 4.63. The summed E-state index contributed by atoms with van der Waals surface area (Å²) in [7, 11) is 1.19. The van der Waals surface area contributed by atoms with E-state index in [1.807, 2.05) is 0 Å². The van der Waals surface area contributed by atoms with Gasteiger partial charge >= 0.3 is 5.97 Å². The summed E-state index contributed by atoms with van der Waals surface area (Å²) >= 11 is 3.06. The number of alkyl halides is 3. The molecule has 0 amide bonds. The molecule has 1 aromatic rings. The molecule has 7 heteroatoms. The van der Waals surface area contributed by atoms with E-state index in [-0.39, 0.29) is 11.3 Å². The zero-order chi connectivity index (χ0) is 17.3. The Morgan fingerprint density at radius 1 is 1.23 bits per heavy atom. The molecule has 0 radical (unpaired) electrons. The highest BCUT2D eigenvalue weighted by atomic mass is 79.9. The zero-order valence-electron chi connectivity index (χ0n) is 13.0. The van der Waals surface area contributed by atoms with Crippen molar-refractivity contribution in [3.63, 3.8) is 0 Å². The molecule has 0 fully saturated rings. The van der Waals surface area contributed by atoms with Crippen LogP contribution in [0.5, 0.6) is 5.75 Å². The second-order valence-electron chi connectivity index (χ2n) is 5.86. The fourth-order valence-corrected chi connectivity index (χ4v) is 2.19. The lowest BCUT2D eigenvalue weighted by Crippen LogP contribution is -2.26. The summed E-state index contributed by atoms with van der Waals surface area (Å²) in [5.41, 5.74) is -1.36. The first-order chi connectivity index (χ1) is 9.86. The quantitative estimate of drug-likeness (QED) is 0.558. The van der Waals surface area contributed by atoms with Crippen LogP contribution >= 0.6 is 15.9 Å². The van der Waals surface area contributed by atoms with Gasteiger partial charge in [0, 0.05) is 18.1 Å². The Hall–Kier alpha value is -1.24. The Morgan fingerprint density at radius 3 is 2.18 bits per heavy atom. The molecular weight excluding hydrogens is 365 g/mol. The molecule has 0 spiro atoms. The third-order valence-electron chi connectivity index (χ3n) is 2.67. The number of benzene rings is 1. The average Bonchev–Trinajstić information content (AvgIpc) is 2.33. The zero-order valence-corrected chi connectivity index (χ0v) is 14.6. The summed E-state index contributed by atoms with van der Waals surface area (Å²) in [5.74, 6) is -5.21. The van der Waals surface area contributed by atoms with Crippen molar-refractivity contribution in [2.24, 2.45) is 0 Å². The van der Waals surface area contributed by atoms with Gasteiger partial charge in [-0.15, -0.1) is 0 Å².